The first-order valence-corrected chi connectivity index (χ1v) is 6.32. The molecule has 1 aliphatic carbocycles. The van der Waals surface area contributed by atoms with Crippen LogP contribution in [0.5, 0.6) is 0 Å². The predicted molar refractivity (Wildman–Crippen MR) is 66.4 cm³/mol. The fourth-order valence-corrected chi connectivity index (χ4v) is 2.15. The van der Waals surface area contributed by atoms with Crippen molar-refractivity contribution in [2.45, 2.75) is 40.0 Å². The molecule has 0 amide bonds. The normalized spacial score (nSPS) is 17.2. The number of aromatic nitrogens is 2. The van der Waals surface area contributed by atoms with E-state index in [9.17, 15) is 4.39 Å². The van der Waals surface area contributed by atoms with Gasteiger partial charge in [-0.25, -0.2) is 14.4 Å². The van der Waals surface area contributed by atoms with E-state index in [2.05, 4.69) is 29.1 Å². The molecule has 0 radical (unpaired) electrons. The van der Waals surface area contributed by atoms with Gasteiger partial charge in [0.05, 0.1) is 5.69 Å². The van der Waals surface area contributed by atoms with E-state index in [4.69, 9.17) is 0 Å². The molecule has 3 nitrogen and oxygen atoms in total. The van der Waals surface area contributed by atoms with Crippen LogP contribution >= 0.6 is 0 Å². The second-order valence-electron chi connectivity index (χ2n) is 5.21. The quantitative estimate of drug-likeness (QED) is 0.855. The van der Waals surface area contributed by atoms with Crippen LogP contribution < -0.4 is 5.32 Å². The van der Waals surface area contributed by atoms with Gasteiger partial charge in [-0.15, -0.1) is 0 Å². The number of nitrogens with one attached hydrogen (secondary N) is 1. The molecule has 1 aromatic heterocycles. The molecule has 1 heterocycles. The van der Waals surface area contributed by atoms with Crippen molar-refractivity contribution >= 4 is 5.82 Å². The predicted octanol–water partition coefficient (Wildman–Crippen LogP) is 3.03. The van der Waals surface area contributed by atoms with Crippen LogP contribution in [0, 0.1) is 17.2 Å². The van der Waals surface area contributed by atoms with Crippen LogP contribution in [0.15, 0.2) is 6.33 Å². The molecule has 1 N–H and O–H groups in total. The fraction of sp³-hybridized carbons (Fsp3) is 0.692. The van der Waals surface area contributed by atoms with E-state index in [0.29, 0.717) is 29.3 Å². The van der Waals surface area contributed by atoms with Gasteiger partial charge < -0.3 is 5.32 Å². The highest BCUT2D eigenvalue weighted by atomic mass is 19.1. The van der Waals surface area contributed by atoms with Gasteiger partial charge in [0.25, 0.3) is 0 Å². The first kappa shape index (κ1) is 12.3. The molecule has 1 aliphatic rings. The van der Waals surface area contributed by atoms with Gasteiger partial charge in [0.2, 0.25) is 0 Å². The number of anilines is 1. The van der Waals surface area contributed by atoms with Gasteiger partial charge in [0, 0.05) is 6.54 Å². The van der Waals surface area contributed by atoms with E-state index in [1.54, 1.807) is 0 Å². The van der Waals surface area contributed by atoms with Gasteiger partial charge in [-0.05, 0) is 30.6 Å². The van der Waals surface area contributed by atoms with E-state index >= 15 is 0 Å². The van der Waals surface area contributed by atoms with Gasteiger partial charge in [0.1, 0.15) is 6.33 Å². The lowest BCUT2D eigenvalue weighted by Gasteiger charge is -2.20. The minimum atomic E-state index is -0.297. The van der Waals surface area contributed by atoms with Crippen LogP contribution in [0.4, 0.5) is 10.2 Å². The third kappa shape index (κ3) is 2.40. The minimum absolute atomic E-state index is 0.297. The van der Waals surface area contributed by atoms with Gasteiger partial charge in [-0.1, -0.05) is 20.8 Å². The zero-order chi connectivity index (χ0) is 12.5. The lowest BCUT2D eigenvalue weighted by molar-refractivity contribution is 0.379. The van der Waals surface area contributed by atoms with Crippen LogP contribution in [-0.2, 0) is 6.42 Å². The lowest BCUT2D eigenvalue weighted by Crippen LogP contribution is -2.22. The number of aryl methyl sites for hydroxylation is 1. The van der Waals surface area contributed by atoms with Gasteiger partial charge in [-0.3, -0.25) is 0 Å². The highest BCUT2D eigenvalue weighted by Crippen LogP contribution is 2.51. The smallest absolute Gasteiger partial charge is 0.186 e. The zero-order valence-electron chi connectivity index (χ0n) is 10.8. The van der Waals surface area contributed by atoms with Gasteiger partial charge >= 0.3 is 0 Å². The molecule has 2 rings (SSSR count). The van der Waals surface area contributed by atoms with E-state index in [0.717, 1.165) is 6.54 Å². The van der Waals surface area contributed by atoms with Crippen molar-refractivity contribution in [2.75, 3.05) is 11.9 Å². The first-order chi connectivity index (χ1) is 8.09. The SMILES string of the molecule is CCc1ncnc(NCC2(C(C)C)CC2)c1F. The lowest BCUT2D eigenvalue weighted by atomic mass is 9.92. The van der Waals surface area contributed by atoms with Crippen molar-refractivity contribution in [3.63, 3.8) is 0 Å². The van der Waals surface area contributed by atoms with Crippen LogP contribution in [0.2, 0.25) is 0 Å². The molecule has 0 aromatic carbocycles. The molecule has 0 aliphatic heterocycles. The molecule has 0 bridgehead atoms. The molecule has 1 saturated carbocycles. The average Bonchev–Trinajstić information content (AvgIpc) is 3.09. The maximum Gasteiger partial charge on any atom is 0.186 e. The summed E-state index contributed by atoms with van der Waals surface area (Å²) in [6, 6.07) is 0. The Kier molecular flexibility index (Phi) is 3.31. The molecule has 1 fully saturated rings. The Morgan fingerprint density at radius 1 is 1.41 bits per heavy atom. The number of rotatable bonds is 5. The molecule has 94 valence electrons. The summed E-state index contributed by atoms with van der Waals surface area (Å²) in [7, 11) is 0. The largest absolute Gasteiger partial charge is 0.367 e. The van der Waals surface area contributed by atoms with Gasteiger partial charge in [-0.2, -0.15) is 0 Å². The summed E-state index contributed by atoms with van der Waals surface area (Å²) in [5, 5.41) is 3.15. The summed E-state index contributed by atoms with van der Waals surface area (Å²) in [6.45, 7) is 7.15. The molecule has 0 saturated heterocycles. The van der Waals surface area contributed by atoms with Crippen LogP contribution in [0.25, 0.3) is 0 Å². The number of hydrogen-bond acceptors (Lipinski definition) is 3. The second-order valence-corrected chi connectivity index (χ2v) is 5.21. The summed E-state index contributed by atoms with van der Waals surface area (Å²) in [5.41, 5.74) is 0.834. The van der Waals surface area contributed by atoms with E-state index in [-0.39, 0.29) is 5.82 Å². The Morgan fingerprint density at radius 2 is 2.12 bits per heavy atom. The number of halogens is 1. The average molecular weight is 237 g/mol. The zero-order valence-corrected chi connectivity index (χ0v) is 10.8. The Hall–Kier alpha value is -1.19. The molecule has 0 unspecified atom stereocenters. The summed E-state index contributed by atoms with van der Waals surface area (Å²) < 4.78 is 13.9. The van der Waals surface area contributed by atoms with Crippen molar-refractivity contribution in [1.29, 1.82) is 0 Å². The third-order valence-electron chi connectivity index (χ3n) is 3.92. The van der Waals surface area contributed by atoms with Crippen molar-refractivity contribution in [1.82, 2.24) is 9.97 Å². The van der Waals surface area contributed by atoms with Crippen molar-refractivity contribution in [2.24, 2.45) is 11.3 Å². The monoisotopic (exact) mass is 237 g/mol. The molecule has 0 atom stereocenters. The maximum absolute atomic E-state index is 13.9. The molecule has 17 heavy (non-hydrogen) atoms. The first-order valence-electron chi connectivity index (χ1n) is 6.32. The highest BCUT2D eigenvalue weighted by molar-refractivity contribution is 5.38. The molecule has 1 aromatic rings. The van der Waals surface area contributed by atoms with Gasteiger partial charge in [0.15, 0.2) is 11.6 Å². The number of hydrogen-bond donors (Lipinski definition) is 1. The van der Waals surface area contributed by atoms with Crippen molar-refractivity contribution in [3.05, 3.63) is 17.8 Å². The maximum atomic E-state index is 13.9. The molecular formula is C13H20FN3. The van der Waals surface area contributed by atoms with E-state index in [1.807, 2.05) is 6.92 Å². The van der Waals surface area contributed by atoms with Crippen LogP contribution in [0.1, 0.15) is 39.3 Å². The van der Waals surface area contributed by atoms with Crippen molar-refractivity contribution < 1.29 is 4.39 Å². The summed E-state index contributed by atoms with van der Waals surface area (Å²) in [5.74, 6) is 0.684. The Morgan fingerprint density at radius 3 is 2.65 bits per heavy atom. The summed E-state index contributed by atoms with van der Waals surface area (Å²) >= 11 is 0. The number of nitrogens with zero attached hydrogens (tertiary/aromatic N) is 2. The van der Waals surface area contributed by atoms with E-state index in [1.165, 1.54) is 19.2 Å². The molecule has 0 spiro atoms. The highest BCUT2D eigenvalue weighted by Gasteiger charge is 2.45. The summed E-state index contributed by atoms with van der Waals surface area (Å²) in [6.07, 6.45) is 4.48. The molecular weight excluding hydrogens is 217 g/mol. The minimum Gasteiger partial charge on any atom is -0.367 e. The summed E-state index contributed by atoms with van der Waals surface area (Å²) in [4.78, 5) is 7.91. The van der Waals surface area contributed by atoms with Crippen molar-refractivity contribution in [3.8, 4) is 0 Å². The standard InChI is InChI=1S/C13H20FN3/c1-4-10-11(14)12(17-8-16-10)15-7-13(5-6-13)9(2)3/h8-9H,4-7H2,1-3H3,(H,15,16,17). The molecule has 4 heteroatoms. The Balaban J connectivity index is 2.05. The van der Waals surface area contributed by atoms with Crippen LogP contribution in [-0.4, -0.2) is 16.5 Å². The van der Waals surface area contributed by atoms with E-state index < -0.39 is 0 Å². The second kappa shape index (κ2) is 4.59. The third-order valence-corrected chi connectivity index (χ3v) is 3.92. The topological polar surface area (TPSA) is 37.8 Å². The van der Waals surface area contributed by atoms with Crippen LogP contribution in [0.3, 0.4) is 0 Å². The fourth-order valence-electron chi connectivity index (χ4n) is 2.15. The Labute approximate surface area is 102 Å². The Bertz CT molecular complexity index is 400.